The third-order valence-electron chi connectivity index (χ3n) is 1.000. The second-order valence-electron chi connectivity index (χ2n) is 1.90. The molecule has 0 aromatic rings. The van der Waals surface area contributed by atoms with Crippen LogP contribution in [0.25, 0.3) is 0 Å². The predicted molar refractivity (Wildman–Crippen MR) is 35.8 cm³/mol. The van der Waals surface area contributed by atoms with Gasteiger partial charge in [-0.1, -0.05) is 0 Å². The maximum Gasteiger partial charge on any atom is -1.00 e. The zero-order chi connectivity index (χ0) is 7.44. The van der Waals surface area contributed by atoms with E-state index in [4.69, 9.17) is 0 Å². The van der Waals surface area contributed by atoms with Gasteiger partial charge in [0, 0.05) is 0 Å². The maximum atomic E-state index is 10.4. The Labute approximate surface area is 68.5 Å². The molecule has 0 radical (unpaired) electrons. The van der Waals surface area contributed by atoms with E-state index in [1.165, 1.54) is 0 Å². The minimum Gasteiger partial charge on any atom is -1.00 e. The SMILES string of the molecule is C=C(C)C(C)=C[C](=O)[Ru+2].[H-].[H-]. The van der Waals surface area contributed by atoms with Gasteiger partial charge in [0.1, 0.15) is 0 Å². The van der Waals surface area contributed by atoms with Crippen molar-refractivity contribution in [1.82, 2.24) is 0 Å². The minimum atomic E-state index is 0. The van der Waals surface area contributed by atoms with Gasteiger partial charge in [0.25, 0.3) is 0 Å². The van der Waals surface area contributed by atoms with Gasteiger partial charge in [-0.3, -0.25) is 0 Å². The van der Waals surface area contributed by atoms with Crippen LogP contribution in [0.1, 0.15) is 16.7 Å². The second kappa shape index (κ2) is 3.73. The van der Waals surface area contributed by atoms with E-state index in [1.807, 2.05) is 32.1 Å². The number of allylic oxidation sites excluding steroid dienone is 3. The van der Waals surface area contributed by atoms with Gasteiger partial charge >= 0.3 is 65.1 Å². The van der Waals surface area contributed by atoms with Crippen molar-refractivity contribution < 1.29 is 26.0 Å². The van der Waals surface area contributed by atoms with Crippen LogP contribution in [0.15, 0.2) is 23.8 Å². The van der Waals surface area contributed by atoms with Gasteiger partial charge in [-0.15, -0.1) is 0 Å². The number of hydrogen-bond acceptors (Lipinski definition) is 1. The van der Waals surface area contributed by atoms with Crippen LogP contribution in [0.2, 0.25) is 0 Å². The van der Waals surface area contributed by atoms with Crippen LogP contribution in [-0.2, 0) is 23.1 Å². The van der Waals surface area contributed by atoms with Crippen molar-refractivity contribution in [3.8, 4) is 0 Å². The molecule has 0 aliphatic carbocycles. The molecule has 0 aromatic heterocycles. The number of carbonyl (C=O) groups is 1. The average molecular weight is 212 g/mol. The van der Waals surface area contributed by atoms with E-state index in [0.29, 0.717) is 0 Å². The van der Waals surface area contributed by atoms with Crippen molar-refractivity contribution in [2.75, 3.05) is 0 Å². The minimum absolute atomic E-state index is 0. The van der Waals surface area contributed by atoms with Crippen molar-refractivity contribution in [3.63, 3.8) is 0 Å². The van der Waals surface area contributed by atoms with E-state index in [2.05, 4.69) is 6.58 Å². The number of hydrogen-bond donors (Lipinski definition) is 0. The molecule has 53 valence electrons. The fourth-order valence-electron chi connectivity index (χ4n) is 0.288. The molecule has 0 rings (SSSR count). The van der Waals surface area contributed by atoms with Crippen LogP contribution >= 0.6 is 0 Å². The molecule has 0 fully saturated rings. The van der Waals surface area contributed by atoms with Gasteiger partial charge in [0.15, 0.2) is 0 Å². The van der Waals surface area contributed by atoms with E-state index in [-0.39, 0.29) is 7.23 Å². The molecule has 0 saturated carbocycles. The molecule has 2 heteroatoms. The monoisotopic (exact) mass is 213 g/mol. The first-order valence-corrected chi connectivity index (χ1v) is 3.43. The summed E-state index contributed by atoms with van der Waals surface area (Å²) in [5.41, 5.74) is 1.88. The summed E-state index contributed by atoms with van der Waals surface area (Å²) in [5.74, 6) is 0. The smallest absolute Gasteiger partial charge is 1.00 e. The summed E-state index contributed by atoms with van der Waals surface area (Å²) in [6.07, 6.45) is 1.55. The quantitative estimate of drug-likeness (QED) is 0.387. The van der Waals surface area contributed by atoms with Crippen LogP contribution in [0.3, 0.4) is 0 Å². The van der Waals surface area contributed by atoms with Crippen molar-refractivity contribution in [1.29, 1.82) is 0 Å². The van der Waals surface area contributed by atoms with E-state index >= 15 is 0 Å². The Morgan fingerprint density at radius 2 is 2.11 bits per heavy atom. The molecule has 0 aliphatic heterocycles. The van der Waals surface area contributed by atoms with Crippen LogP contribution in [-0.4, -0.2) is 4.38 Å². The Bertz CT molecular complexity index is 175. The summed E-state index contributed by atoms with van der Waals surface area (Å²) in [6, 6.07) is 0. The van der Waals surface area contributed by atoms with Crippen LogP contribution in [0.4, 0.5) is 0 Å². The van der Waals surface area contributed by atoms with Gasteiger partial charge in [0.2, 0.25) is 0 Å². The Balaban J connectivity index is -0.000000320. The molecule has 0 amide bonds. The first kappa shape index (κ1) is 8.77. The largest absolute Gasteiger partial charge is 1.00 e. The third-order valence-corrected chi connectivity index (χ3v) is 1.25. The van der Waals surface area contributed by atoms with Crippen LogP contribution in [0.5, 0.6) is 0 Å². The summed E-state index contributed by atoms with van der Waals surface area (Å²) in [7, 11) is 0. The Morgan fingerprint density at radius 3 is 2.22 bits per heavy atom. The molecule has 9 heavy (non-hydrogen) atoms. The molecular weight excluding hydrogens is 201 g/mol. The Kier molecular flexibility index (Phi) is 3.64. The normalized spacial score (nSPS) is 11.1. The first-order chi connectivity index (χ1) is 4.04. The molecule has 0 aliphatic rings. The van der Waals surface area contributed by atoms with E-state index in [9.17, 15) is 4.79 Å². The number of carbonyl (C=O) groups excluding carboxylic acids is 1. The van der Waals surface area contributed by atoms with Crippen LogP contribution in [0, 0.1) is 0 Å². The number of rotatable bonds is 2. The van der Waals surface area contributed by atoms with Gasteiger partial charge in [-0.25, -0.2) is 0 Å². The average Bonchev–Trinajstić information content (AvgIpc) is 1.63. The van der Waals surface area contributed by atoms with Crippen molar-refractivity contribution >= 4 is 4.38 Å². The third kappa shape index (κ3) is 4.29. The second-order valence-corrected chi connectivity index (χ2v) is 2.76. The van der Waals surface area contributed by atoms with Gasteiger partial charge in [-0.2, -0.15) is 0 Å². The molecule has 1 nitrogen and oxygen atoms in total. The molecule has 0 heterocycles. The Morgan fingerprint density at radius 1 is 1.67 bits per heavy atom. The summed E-state index contributed by atoms with van der Waals surface area (Å²) >= 11 is 2.00. The predicted octanol–water partition coefficient (Wildman–Crippen LogP) is 1.81. The van der Waals surface area contributed by atoms with E-state index in [0.717, 1.165) is 11.1 Å². The topological polar surface area (TPSA) is 17.1 Å². The van der Waals surface area contributed by atoms with Gasteiger partial charge in [-0.05, 0) is 0 Å². The molecule has 0 bridgehead atoms. The van der Waals surface area contributed by atoms with E-state index in [1.54, 1.807) is 6.08 Å². The van der Waals surface area contributed by atoms with Gasteiger partial charge < -0.3 is 2.85 Å². The standard InChI is InChI=1S/C7H9O.Ru.2H/c1-6(2)7(3)4-5-8;;;/h4H,1H2,2-3H3;;;/q;+2;2*-1. The Hall–Kier alpha value is -0.227. The van der Waals surface area contributed by atoms with E-state index < -0.39 is 0 Å². The summed E-state index contributed by atoms with van der Waals surface area (Å²) in [6.45, 7) is 7.42. The summed E-state index contributed by atoms with van der Waals surface area (Å²) < 4.78 is 0.00917. The fraction of sp³-hybridized carbons (Fsp3) is 0.286. The van der Waals surface area contributed by atoms with Crippen molar-refractivity contribution in [2.24, 2.45) is 0 Å². The molecule has 0 atom stereocenters. The summed E-state index contributed by atoms with van der Waals surface area (Å²) in [4.78, 5) is 10.4. The molecule has 0 unspecified atom stereocenters. The van der Waals surface area contributed by atoms with Crippen molar-refractivity contribution in [2.45, 2.75) is 13.8 Å². The zero-order valence-corrected chi connectivity index (χ0v) is 7.28. The molecule has 0 N–H and O–H groups in total. The molecule has 0 aromatic carbocycles. The zero-order valence-electron chi connectivity index (χ0n) is 7.55. The van der Waals surface area contributed by atoms with Crippen molar-refractivity contribution in [3.05, 3.63) is 23.8 Å². The molecule has 0 spiro atoms. The fourth-order valence-corrected chi connectivity index (χ4v) is 0.664. The summed E-state index contributed by atoms with van der Waals surface area (Å²) in [5, 5.41) is 0. The van der Waals surface area contributed by atoms with Gasteiger partial charge in [0.05, 0.1) is 0 Å². The molecule has 0 saturated heterocycles. The molecular formula is C7H11ORu. The van der Waals surface area contributed by atoms with Crippen LogP contribution < -0.4 is 0 Å². The first-order valence-electron chi connectivity index (χ1n) is 2.56. The maximum absolute atomic E-state index is 10.4.